The predicted octanol–water partition coefficient (Wildman–Crippen LogP) is 3.20. The smallest absolute Gasteiger partial charge is 0.243 e. The summed E-state index contributed by atoms with van der Waals surface area (Å²) >= 11 is 0. The Kier molecular flexibility index (Phi) is 6.09. The van der Waals surface area contributed by atoms with Crippen LogP contribution >= 0.6 is 0 Å². The first-order valence-electron chi connectivity index (χ1n) is 11.0. The molecular weight excluding hydrogens is 426 g/mol. The highest BCUT2D eigenvalue weighted by Gasteiger charge is 2.40. The second kappa shape index (κ2) is 8.67. The van der Waals surface area contributed by atoms with E-state index in [1.807, 2.05) is 43.0 Å². The number of benzene rings is 2. The largest absolute Gasteiger partial charge is 0.325 e. The third kappa shape index (κ3) is 4.29. The third-order valence-electron chi connectivity index (χ3n) is 6.18. The molecule has 1 atom stereocenters. The minimum atomic E-state index is -3.85. The molecule has 2 aromatic rings. The van der Waals surface area contributed by atoms with E-state index < -0.39 is 15.9 Å². The molecule has 2 amide bonds. The van der Waals surface area contributed by atoms with Gasteiger partial charge >= 0.3 is 0 Å². The van der Waals surface area contributed by atoms with Crippen LogP contribution in [0, 0.1) is 5.92 Å². The molecule has 1 heterocycles. The Labute approximate surface area is 189 Å². The van der Waals surface area contributed by atoms with Gasteiger partial charge in [-0.2, -0.15) is 4.31 Å². The lowest BCUT2D eigenvalue weighted by atomic mass is 10.1. The van der Waals surface area contributed by atoms with E-state index in [-0.39, 0.29) is 29.3 Å². The van der Waals surface area contributed by atoms with E-state index in [0.717, 1.165) is 40.4 Å². The number of nitrogens with one attached hydrogen (secondary N) is 1. The van der Waals surface area contributed by atoms with Gasteiger partial charge in [0.1, 0.15) is 0 Å². The van der Waals surface area contributed by atoms with Crippen molar-refractivity contribution in [1.82, 2.24) is 4.31 Å². The number of aryl methyl sites for hydroxylation is 1. The normalized spacial score (nSPS) is 18.0. The van der Waals surface area contributed by atoms with Gasteiger partial charge in [-0.1, -0.05) is 25.1 Å². The number of sulfonamides is 1. The molecule has 7 nitrogen and oxygen atoms in total. The van der Waals surface area contributed by atoms with Crippen LogP contribution in [0.4, 0.5) is 11.4 Å². The molecule has 4 rings (SSSR count). The fraction of sp³-hybridized carbons (Fsp3) is 0.417. The number of rotatable bonds is 7. The fourth-order valence-electron chi connectivity index (χ4n) is 4.24. The van der Waals surface area contributed by atoms with Crippen molar-refractivity contribution in [2.45, 2.75) is 50.5 Å². The van der Waals surface area contributed by atoms with Crippen molar-refractivity contribution in [1.29, 1.82) is 0 Å². The second-order valence-corrected chi connectivity index (χ2v) is 10.7. The molecule has 1 aliphatic carbocycles. The van der Waals surface area contributed by atoms with Gasteiger partial charge in [-0.05, 0) is 68.0 Å². The second-order valence-electron chi connectivity index (χ2n) is 8.65. The Morgan fingerprint density at radius 2 is 1.88 bits per heavy atom. The fourth-order valence-corrected chi connectivity index (χ4v) is 5.42. The quantitative estimate of drug-likeness (QED) is 0.695. The highest BCUT2D eigenvalue weighted by atomic mass is 32.2. The summed E-state index contributed by atoms with van der Waals surface area (Å²) < 4.78 is 27.3. The summed E-state index contributed by atoms with van der Waals surface area (Å²) in [5.74, 6) is -0.157. The number of carbonyl (C=O) groups excluding carboxylic acids is 2. The van der Waals surface area contributed by atoms with E-state index >= 15 is 0 Å². The van der Waals surface area contributed by atoms with E-state index in [1.165, 1.54) is 13.1 Å². The van der Waals surface area contributed by atoms with E-state index in [1.54, 1.807) is 12.1 Å². The third-order valence-corrected chi connectivity index (χ3v) is 7.98. The number of hydrogen-bond donors (Lipinski definition) is 1. The van der Waals surface area contributed by atoms with Gasteiger partial charge in [0, 0.05) is 30.4 Å². The molecular formula is C24H29N3O4S. The number of nitrogens with zero attached hydrogens (tertiary/aromatic N) is 2. The lowest BCUT2D eigenvalue weighted by molar-refractivity contribution is -0.120. The number of carbonyl (C=O) groups is 2. The van der Waals surface area contributed by atoms with Crippen molar-refractivity contribution in [2.24, 2.45) is 5.92 Å². The Morgan fingerprint density at radius 3 is 2.56 bits per heavy atom. The van der Waals surface area contributed by atoms with Crippen LogP contribution in [-0.2, 0) is 32.5 Å². The average molecular weight is 456 g/mol. The van der Waals surface area contributed by atoms with Crippen molar-refractivity contribution < 1.29 is 18.0 Å². The highest BCUT2D eigenvalue weighted by molar-refractivity contribution is 7.89. The molecule has 0 spiro atoms. The summed E-state index contributed by atoms with van der Waals surface area (Å²) in [6.45, 7) is 3.69. The first-order valence-corrected chi connectivity index (χ1v) is 12.5. The van der Waals surface area contributed by atoms with Gasteiger partial charge in [0.15, 0.2) is 0 Å². The molecule has 1 aliphatic heterocycles. The van der Waals surface area contributed by atoms with Crippen LogP contribution in [0.5, 0.6) is 0 Å². The molecule has 2 aromatic carbocycles. The number of fused-ring (bicyclic) bond motifs is 1. The van der Waals surface area contributed by atoms with Crippen LogP contribution in [0.1, 0.15) is 37.8 Å². The molecule has 0 aromatic heterocycles. The van der Waals surface area contributed by atoms with Gasteiger partial charge < -0.3 is 10.2 Å². The van der Waals surface area contributed by atoms with Crippen LogP contribution in [-0.4, -0.2) is 44.2 Å². The van der Waals surface area contributed by atoms with Crippen molar-refractivity contribution in [3.05, 3.63) is 53.6 Å². The molecule has 0 unspecified atom stereocenters. The van der Waals surface area contributed by atoms with Gasteiger partial charge in [-0.15, -0.1) is 0 Å². The molecule has 32 heavy (non-hydrogen) atoms. The standard InChI is InChI=1S/C24H29N3O4S/c1-4-17-7-5-6-8-21(17)25-23(28)15-26(3)32(30,31)20-11-12-22-19(14-20)13-16(2)27(22)24(29)18-9-10-18/h5-8,11-12,14,16,18H,4,9-10,13,15H2,1-3H3,(H,25,28)/t16-/m1/s1. The zero-order chi connectivity index (χ0) is 23.0. The first-order chi connectivity index (χ1) is 15.2. The number of likely N-dealkylation sites (N-methyl/N-ethyl adjacent to an activating group) is 1. The lowest BCUT2D eigenvalue weighted by Gasteiger charge is -2.23. The summed E-state index contributed by atoms with van der Waals surface area (Å²) in [4.78, 5) is 27.1. The molecule has 8 heteroatoms. The molecule has 1 saturated carbocycles. The molecule has 0 bridgehead atoms. The molecule has 1 N–H and O–H groups in total. The van der Waals surface area contributed by atoms with Gasteiger partial charge in [0.25, 0.3) is 0 Å². The van der Waals surface area contributed by atoms with E-state index in [0.29, 0.717) is 12.1 Å². The summed E-state index contributed by atoms with van der Waals surface area (Å²) in [5, 5.41) is 2.81. The van der Waals surface area contributed by atoms with Crippen molar-refractivity contribution in [3.63, 3.8) is 0 Å². The number of hydrogen-bond acceptors (Lipinski definition) is 4. The monoisotopic (exact) mass is 455 g/mol. The SMILES string of the molecule is CCc1ccccc1NC(=O)CN(C)S(=O)(=O)c1ccc2c(c1)C[C@@H](C)N2C(=O)C1CC1. The Hall–Kier alpha value is -2.71. The van der Waals surface area contributed by atoms with Gasteiger partial charge in [0.05, 0.1) is 11.4 Å². The van der Waals surface area contributed by atoms with E-state index in [4.69, 9.17) is 0 Å². The molecule has 170 valence electrons. The summed E-state index contributed by atoms with van der Waals surface area (Å²) in [5.41, 5.74) is 3.33. The molecule has 2 aliphatic rings. The van der Waals surface area contributed by atoms with Crippen molar-refractivity contribution in [2.75, 3.05) is 23.8 Å². The maximum Gasteiger partial charge on any atom is 0.243 e. The van der Waals surface area contributed by atoms with Gasteiger partial charge in [0.2, 0.25) is 21.8 Å². The summed E-state index contributed by atoms with van der Waals surface area (Å²) in [6.07, 6.45) is 3.24. The zero-order valence-corrected chi connectivity index (χ0v) is 19.5. The van der Waals surface area contributed by atoms with E-state index in [9.17, 15) is 18.0 Å². The summed E-state index contributed by atoms with van der Waals surface area (Å²) in [6, 6.07) is 12.4. The van der Waals surface area contributed by atoms with Crippen LogP contribution < -0.4 is 10.2 Å². The van der Waals surface area contributed by atoms with Gasteiger partial charge in [-0.3, -0.25) is 9.59 Å². The van der Waals surface area contributed by atoms with Crippen LogP contribution in [0.25, 0.3) is 0 Å². The van der Waals surface area contributed by atoms with Crippen LogP contribution in [0.3, 0.4) is 0 Å². The van der Waals surface area contributed by atoms with Crippen molar-refractivity contribution >= 4 is 33.2 Å². The first kappa shape index (κ1) is 22.5. The minimum Gasteiger partial charge on any atom is -0.325 e. The summed E-state index contributed by atoms with van der Waals surface area (Å²) in [7, 11) is -2.45. The minimum absolute atomic E-state index is 0.0122. The molecule has 1 fully saturated rings. The van der Waals surface area contributed by atoms with Crippen LogP contribution in [0.2, 0.25) is 0 Å². The Bertz CT molecular complexity index is 1160. The Morgan fingerprint density at radius 1 is 1.16 bits per heavy atom. The molecule has 0 saturated heterocycles. The highest BCUT2D eigenvalue weighted by Crippen LogP contribution is 2.39. The van der Waals surface area contributed by atoms with Gasteiger partial charge in [-0.25, -0.2) is 8.42 Å². The van der Waals surface area contributed by atoms with Crippen LogP contribution in [0.15, 0.2) is 47.4 Å². The Balaban J connectivity index is 1.49. The number of amides is 2. The number of anilines is 2. The lowest BCUT2D eigenvalue weighted by Crippen LogP contribution is -2.36. The zero-order valence-electron chi connectivity index (χ0n) is 18.7. The van der Waals surface area contributed by atoms with E-state index in [2.05, 4.69) is 5.32 Å². The average Bonchev–Trinajstić information content (AvgIpc) is 3.55. The van der Waals surface area contributed by atoms with Crippen molar-refractivity contribution in [3.8, 4) is 0 Å². The predicted molar refractivity (Wildman–Crippen MR) is 124 cm³/mol. The molecule has 0 radical (unpaired) electrons. The maximum absolute atomic E-state index is 13.1. The topological polar surface area (TPSA) is 86.8 Å². The number of para-hydroxylation sites is 1. The maximum atomic E-state index is 13.1.